The first-order valence-corrected chi connectivity index (χ1v) is 4.95. The molecule has 3 nitrogen and oxygen atoms in total. The second-order valence-electron chi connectivity index (χ2n) is 1.62. The van der Waals surface area contributed by atoms with Gasteiger partial charge in [0, 0.05) is 0 Å². The number of allylic oxidation sites excluding steroid dienone is 1. The summed E-state index contributed by atoms with van der Waals surface area (Å²) in [6, 6.07) is 0. The van der Waals surface area contributed by atoms with Gasteiger partial charge in [-0.25, -0.2) is 0 Å². The molecule has 0 atom stereocenters. The first kappa shape index (κ1) is 8.43. The number of aliphatic imine (C=N–C) groups is 1. The number of nitrogens with zero attached hydrogens (tertiary/aromatic N) is 1. The summed E-state index contributed by atoms with van der Waals surface area (Å²) in [5.74, 6) is -0.121. The molecule has 1 amide bonds. The summed E-state index contributed by atoms with van der Waals surface area (Å²) in [5.41, 5.74) is 0. The van der Waals surface area contributed by atoms with Gasteiger partial charge in [-0.3, -0.25) is 0 Å². The van der Waals surface area contributed by atoms with E-state index in [1.807, 2.05) is 6.92 Å². The summed E-state index contributed by atoms with van der Waals surface area (Å²) < 4.78 is 2.94. The number of amides is 1. The minimum atomic E-state index is -0.121. The maximum absolute atomic E-state index is 10.9. The van der Waals surface area contributed by atoms with Crippen molar-refractivity contribution in [3.8, 4) is 0 Å². The Morgan fingerprint density at radius 3 is 2.80 bits per heavy atom. The van der Waals surface area contributed by atoms with E-state index in [-0.39, 0.29) is 5.91 Å². The molecule has 0 saturated heterocycles. The number of rotatable bonds is 0. The van der Waals surface area contributed by atoms with Crippen LogP contribution in [-0.4, -0.2) is 11.1 Å². The topological polar surface area (TPSA) is 41.5 Å². The Morgan fingerprint density at radius 1 is 1.80 bits per heavy atom. The molecule has 0 aromatic heterocycles. The monoisotopic (exact) mass is 230 g/mol. The fourth-order valence-corrected chi connectivity index (χ4v) is 1.80. The Kier molecular flexibility index (Phi) is 3.07. The van der Waals surface area contributed by atoms with Crippen LogP contribution < -0.4 is 2.45 Å². The summed E-state index contributed by atoms with van der Waals surface area (Å²) in [7, 11) is 0. The number of carbonyl (C=O) groups excluding carboxylic acids is 1. The molecule has 5 heteroatoms. The second kappa shape index (κ2) is 3.65. The van der Waals surface area contributed by atoms with Gasteiger partial charge in [-0.05, 0) is 0 Å². The van der Waals surface area contributed by atoms with E-state index >= 15 is 0 Å². The Bertz CT molecular complexity index is 224. The van der Waals surface area contributed by atoms with Gasteiger partial charge in [0.25, 0.3) is 0 Å². The molecular formula is C5H5N2OSY. The van der Waals surface area contributed by atoms with Crippen LogP contribution in [0.5, 0.6) is 0 Å². The van der Waals surface area contributed by atoms with Crippen LogP contribution in [0.15, 0.2) is 16.0 Å². The molecule has 1 rings (SSSR count). The van der Waals surface area contributed by atoms with Crippen molar-refractivity contribution in [2.45, 2.75) is 6.92 Å². The molecule has 1 heterocycles. The van der Waals surface area contributed by atoms with Crippen LogP contribution in [-0.2, 0) is 36.1 Å². The summed E-state index contributed by atoms with van der Waals surface area (Å²) in [4.78, 5) is 15.3. The molecule has 0 unspecified atom stereocenters. The van der Waals surface area contributed by atoms with Gasteiger partial charge < -0.3 is 0 Å². The Morgan fingerprint density at radius 2 is 2.50 bits per heavy atom. The molecule has 1 aliphatic heterocycles. The van der Waals surface area contributed by atoms with Crippen molar-refractivity contribution in [2.75, 3.05) is 0 Å². The first-order valence-electron chi connectivity index (χ1n) is 2.71. The number of hydrogen-bond acceptors (Lipinski definition) is 3. The number of nitrogens with one attached hydrogen (secondary N) is 1. The molecule has 10 heavy (non-hydrogen) atoms. The number of hydrogen-bond donors (Lipinski definition) is 1. The number of carbonyl (C=O) groups is 1. The number of amidine groups is 1. The SMILES string of the molecule is C/C=C1\SC([NH][Y])=NC1=O. The molecule has 0 spiro atoms. The molecule has 0 bridgehead atoms. The van der Waals surface area contributed by atoms with Crippen molar-refractivity contribution < 1.29 is 36.1 Å². The van der Waals surface area contributed by atoms with Crippen LogP contribution in [0, 0.1) is 0 Å². The third kappa shape index (κ3) is 1.68. The van der Waals surface area contributed by atoms with Crippen molar-refractivity contribution in [1.82, 2.24) is 2.45 Å². The van der Waals surface area contributed by atoms with Crippen LogP contribution in [0.25, 0.3) is 0 Å². The molecule has 1 aliphatic rings. The molecule has 0 radical (unpaired) electrons. The van der Waals surface area contributed by atoms with Crippen LogP contribution in [0.1, 0.15) is 6.92 Å². The molecule has 0 fully saturated rings. The van der Waals surface area contributed by atoms with Crippen LogP contribution >= 0.6 is 11.8 Å². The average molecular weight is 230 g/mol. The molecule has 1 N–H and O–H groups in total. The van der Waals surface area contributed by atoms with Crippen molar-refractivity contribution >= 4 is 22.8 Å². The third-order valence-corrected chi connectivity index (χ3v) is 3.23. The zero-order valence-corrected chi connectivity index (χ0v) is 9.07. The standard InChI is InChI=1S/C5H6N2OS.Y/c1-2-3-4(8)7-5(6)9-3;/h2H,1H3,(H2,6,7,8);/q;+1/p-1/b3-2-;. The van der Waals surface area contributed by atoms with Gasteiger partial charge in [0.05, 0.1) is 0 Å². The minimum absolute atomic E-state index is 0.121. The van der Waals surface area contributed by atoms with Gasteiger partial charge in [0.2, 0.25) is 0 Å². The molecule has 0 aliphatic carbocycles. The van der Waals surface area contributed by atoms with E-state index in [4.69, 9.17) is 0 Å². The molecular weight excluding hydrogens is 225 g/mol. The zero-order valence-electron chi connectivity index (χ0n) is 5.42. The Labute approximate surface area is 83.7 Å². The van der Waals surface area contributed by atoms with E-state index in [2.05, 4.69) is 7.44 Å². The van der Waals surface area contributed by atoms with Gasteiger partial charge >= 0.3 is 84.3 Å². The fraction of sp³-hybridized carbons (Fsp3) is 0.200. The number of thioether (sulfide) groups is 1. The Hall–Kier alpha value is 0.334. The summed E-state index contributed by atoms with van der Waals surface area (Å²) in [5, 5.41) is 0.737. The second-order valence-corrected chi connectivity index (χ2v) is 3.36. The normalized spacial score (nSPS) is 21.4. The van der Waals surface area contributed by atoms with Gasteiger partial charge in [-0.2, -0.15) is 0 Å². The summed E-state index contributed by atoms with van der Waals surface area (Å²) >= 11 is 2.30. The van der Waals surface area contributed by atoms with Crippen LogP contribution in [0.4, 0.5) is 0 Å². The van der Waals surface area contributed by atoms with E-state index < -0.39 is 0 Å². The molecule has 0 aromatic carbocycles. The predicted octanol–water partition coefficient (Wildman–Crippen LogP) is 0.571. The summed E-state index contributed by atoms with van der Waals surface area (Å²) in [6.45, 7) is 1.84. The fourth-order valence-electron chi connectivity index (χ4n) is 0.562. The van der Waals surface area contributed by atoms with E-state index in [0.717, 1.165) is 41.4 Å². The first-order chi connectivity index (χ1) is 4.77. The van der Waals surface area contributed by atoms with Gasteiger partial charge in [-0.1, -0.05) is 0 Å². The molecule has 0 aromatic rings. The van der Waals surface area contributed by atoms with Crippen LogP contribution in [0.2, 0.25) is 0 Å². The molecule has 0 saturated carbocycles. The third-order valence-electron chi connectivity index (χ3n) is 1.01. The van der Waals surface area contributed by atoms with Crippen molar-refractivity contribution in [2.24, 2.45) is 4.99 Å². The van der Waals surface area contributed by atoms with E-state index in [1.54, 1.807) is 6.08 Å². The van der Waals surface area contributed by atoms with E-state index in [1.165, 1.54) is 11.8 Å². The van der Waals surface area contributed by atoms with Crippen molar-refractivity contribution in [3.05, 3.63) is 11.0 Å². The van der Waals surface area contributed by atoms with Gasteiger partial charge in [0.1, 0.15) is 0 Å². The summed E-state index contributed by atoms with van der Waals surface area (Å²) in [6.07, 6.45) is 1.78. The van der Waals surface area contributed by atoms with E-state index in [9.17, 15) is 4.79 Å². The van der Waals surface area contributed by atoms with Gasteiger partial charge in [0.15, 0.2) is 0 Å². The quantitative estimate of drug-likeness (QED) is 0.618. The predicted molar refractivity (Wildman–Crippen MR) is 36.9 cm³/mol. The van der Waals surface area contributed by atoms with Gasteiger partial charge in [-0.15, -0.1) is 0 Å². The molecule has 50 valence electrons. The van der Waals surface area contributed by atoms with Crippen LogP contribution in [0.3, 0.4) is 0 Å². The zero-order chi connectivity index (χ0) is 7.56. The Balaban J connectivity index is 2.76. The van der Waals surface area contributed by atoms with E-state index in [0.29, 0.717) is 0 Å². The maximum atomic E-state index is 10.9. The average Bonchev–Trinajstić information content (AvgIpc) is 2.30. The van der Waals surface area contributed by atoms with Crippen molar-refractivity contribution in [1.29, 1.82) is 0 Å². The van der Waals surface area contributed by atoms with Crippen molar-refractivity contribution in [3.63, 3.8) is 0 Å².